The molecule has 3 rings (SSSR count). The summed E-state index contributed by atoms with van der Waals surface area (Å²) in [6, 6.07) is 5.98. The van der Waals surface area contributed by atoms with Gasteiger partial charge in [-0.05, 0) is 36.8 Å². The smallest absolute Gasteiger partial charge is 0.299 e. The van der Waals surface area contributed by atoms with Crippen LogP contribution in [0.1, 0.15) is 20.8 Å². The van der Waals surface area contributed by atoms with E-state index in [-0.39, 0.29) is 12.1 Å². The van der Waals surface area contributed by atoms with Crippen LogP contribution < -0.4 is 4.90 Å². The van der Waals surface area contributed by atoms with Gasteiger partial charge in [0.1, 0.15) is 5.82 Å². The lowest BCUT2D eigenvalue weighted by Gasteiger charge is -2.17. The van der Waals surface area contributed by atoms with Crippen molar-refractivity contribution in [2.24, 2.45) is 0 Å². The van der Waals surface area contributed by atoms with Crippen LogP contribution in [0.4, 0.5) is 10.1 Å². The maximum absolute atomic E-state index is 13.4. The Morgan fingerprint density at radius 1 is 1.30 bits per heavy atom. The third-order valence-electron chi connectivity index (χ3n) is 3.16. The molecule has 0 N–H and O–H groups in total. The van der Waals surface area contributed by atoms with Gasteiger partial charge in [-0.3, -0.25) is 14.5 Å². The van der Waals surface area contributed by atoms with Gasteiger partial charge in [-0.15, -0.1) is 11.3 Å². The van der Waals surface area contributed by atoms with Crippen LogP contribution in [0.3, 0.4) is 0 Å². The molecule has 102 valence electrons. The maximum atomic E-state index is 13.4. The first-order chi connectivity index (χ1) is 9.47. The number of rotatable bonds is 2. The zero-order valence-electron chi connectivity index (χ0n) is 10.4. The number of anilines is 1. The third-order valence-corrected chi connectivity index (χ3v) is 4.38. The average molecular weight is 310 g/mol. The number of amides is 1. The predicted molar refractivity (Wildman–Crippen MR) is 76.0 cm³/mol. The van der Waals surface area contributed by atoms with E-state index in [4.69, 9.17) is 11.6 Å². The normalized spacial score (nSPS) is 14.1. The minimum atomic E-state index is -0.662. The summed E-state index contributed by atoms with van der Waals surface area (Å²) in [5, 5.41) is 0. The van der Waals surface area contributed by atoms with E-state index in [0.717, 1.165) is 10.9 Å². The summed E-state index contributed by atoms with van der Waals surface area (Å²) in [6.07, 6.45) is 0. The van der Waals surface area contributed by atoms with Crippen molar-refractivity contribution in [3.05, 3.63) is 50.4 Å². The summed E-state index contributed by atoms with van der Waals surface area (Å²) >= 11 is 7.21. The molecule has 0 atom stereocenters. The van der Waals surface area contributed by atoms with Crippen molar-refractivity contribution < 1.29 is 14.0 Å². The quantitative estimate of drug-likeness (QED) is 0.795. The van der Waals surface area contributed by atoms with E-state index in [1.54, 1.807) is 13.0 Å². The van der Waals surface area contributed by atoms with Crippen LogP contribution in [0.15, 0.2) is 24.3 Å². The summed E-state index contributed by atoms with van der Waals surface area (Å²) in [5.74, 6) is -1.80. The van der Waals surface area contributed by atoms with E-state index in [1.807, 2.05) is 6.07 Å². The molecule has 0 spiro atoms. The minimum Gasteiger partial charge on any atom is -0.299 e. The molecule has 1 aliphatic rings. The molecule has 2 heterocycles. The Kier molecular flexibility index (Phi) is 3.11. The Labute approximate surface area is 123 Å². The van der Waals surface area contributed by atoms with Crippen molar-refractivity contribution in [3.8, 4) is 0 Å². The number of nitrogens with zero attached hydrogens (tertiary/aromatic N) is 1. The van der Waals surface area contributed by atoms with Crippen LogP contribution in [-0.2, 0) is 11.3 Å². The first-order valence-corrected chi connectivity index (χ1v) is 7.07. The van der Waals surface area contributed by atoms with Crippen LogP contribution >= 0.6 is 22.9 Å². The topological polar surface area (TPSA) is 37.4 Å². The summed E-state index contributed by atoms with van der Waals surface area (Å²) in [6.45, 7) is 1.95. The molecule has 0 unspecified atom stereocenters. The van der Waals surface area contributed by atoms with Crippen LogP contribution in [0, 0.1) is 12.7 Å². The highest BCUT2D eigenvalue weighted by molar-refractivity contribution is 7.16. The number of carbonyl (C=O) groups excluding carboxylic acids is 2. The number of aryl methyl sites for hydroxylation is 1. The highest BCUT2D eigenvalue weighted by atomic mass is 35.5. The van der Waals surface area contributed by atoms with Crippen molar-refractivity contribution in [2.45, 2.75) is 13.5 Å². The van der Waals surface area contributed by atoms with Crippen molar-refractivity contribution in [2.75, 3.05) is 4.90 Å². The van der Waals surface area contributed by atoms with Crippen LogP contribution in [0.5, 0.6) is 0 Å². The number of carbonyl (C=O) groups is 2. The molecule has 1 aliphatic heterocycles. The number of hydrogen-bond acceptors (Lipinski definition) is 3. The number of ketones is 1. The third kappa shape index (κ3) is 2.03. The lowest BCUT2D eigenvalue weighted by Crippen LogP contribution is -2.29. The van der Waals surface area contributed by atoms with E-state index in [9.17, 15) is 14.0 Å². The fourth-order valence-electron chi connectivity index (χ4n) is 2.35. The Bertz CT molecular complexity index is 741. The summed E-state index contributed by atoms with van der Waals surface area (Å²) in [7, 11) is 0. The number of fused-ring (bicyclic) bond motifs is 1. The molecular formula is C14H9ClFNO2S. The highest BCUT2D eigenvalue weighted by Gasteiger charge is 2.37. The average Bonchev–Trinajstić information content (AvgIpc) is 2.88. The van der Waals surface area contributed by atoms with Crippen LogP contribution in [0.25, 0.3) is 0 Å². The van der Waals surface area contributed by atoms with Crippen LogP contribution in [-0.4, -0.2) is 11.7 Å². The zero-order chi connectivity index (χ0) is 14.4. The molecule has 0 saturated carbocycles. The lowest BCUT2D eigenvalue weighted by molar-refractivity contribution is -0.114. The largest absolute Gasteiger partial charge is 0.299 e. The Morgan fingerprint density at radius 2 is 2.05 bits per heavy atom. The van der Waals surface area contributed by atoms with E-state index in [2.05, 4.69) is 0 Å². The molecule has 0 bridgehead atoms. The Hall–Kier alpha value is -1.72. The first-order valence-electron chi connectivity index (χ1n) is 5.88. The van der Waals surface area contributed by atoms with Gasteiger partial charge in [0, 0.05) is 4.88 Å². The molecule has 6 heteroatoms. The van der Waals surface area contributed by atoms with Gasteiger partial charge in [0.2, 0.25) is 0 Å². The second-order valence-corrected chi connectivity index (χ2v) is 6.34. The minimum absolute atomic E-state index is 0.134. The van der Waals surface area contributed by atoms with Gasteiger partial charge in [-0.1, -0.05) is 11.6 Å². The van der Waals surface area contributed by atoms with E-state index in [1.165, 1.54) is 22.3 Å². The van der Waals surface area contributed by atoms with Crippen LogP contribution in [0.2, 0.25) is 4.34 Å². The number of benzene rings is 1. The number of hydrogen-bond donors (Lipinski definition) is 0. The second-order valence-electron chi connectivity index (χ2n) is 4.55. The maximum Gasteiger partial charge on any atom is 0.299 e. The zero-order valence-corrected chi connectivity index (χ0v) is 12.0. The number of halogens is 2. The first kappa shape index (κ1) is 13.3. The number of thiophene rings is 1. The second kappa shape index (κ2) is 4.68. The molecule has 1 amide bonds. The number of Topliss-reactive ketones (excluding diaryl/α,β-unsaturated/α-hetero) is 1. The van der Waals surface area contributed by atoms with E-state index in [0.29, 0.717) is 15.6 Å². The lowest BCUT2D eigenvalue weighted by atomic mass is 10.1. The van der Waals surface area contributed by atoms with Crippen molar-refractivity contribution in [1.29, 1.82) is 0 Å². The molecule has 0 aliphatic carbocycles. The van der Waals surface area contributed by atoms with Gasteiger partial charge in [-0.2, -0.15) is 0 Å². The van der Waals surface area contributed by atoms with Gasteiger partial charge in [0.15, 0.2) is 0 Å². The monoisotopic (exact) mass is 309 g/mol. The molecule has 2 aromatic rings. The molecule has 1 aromatic carbocycles. The molecule has 0 fully saturated rings. The van der Waals surface area contributed by atoms with Gasteiger partial charge < -0.3 is 0 Å². The van der Waals surface area contributed by atoms with Crippen molar-refractivity contribution in [3.63, 3.8) is 0 Å². The molecular weight excluding hydrogens is 301 g/mol. The molecule has 0 radical (unpaired) electrons. The molecule has 1 aromatic heterocycles. The van der Waals surface area contributed by atoms with Gasteiger partial charge in [0.05, 0.1) is 22.1 Å². The summed E-state index contributed by atoms with van der Waals surface area (Å²) in [5.41, 5.74) is 1.20. The Balaban J connectivity index is 2.06. The molecule has 0 saturated heterocycles. The summed E-state index contributed by atoms with van der Waals surface area (Å²) in [4.78, 5) is 26.2. The standard InChI is InChI=1S/C14H9ClFNO2S/c1-7-4-8(16)5-10-12(7)17(14(19)13(10)18)6-9-2-3-11(15)20-9/h2-5H,6H2,1H3. The van der Waals surface area contributed by atoms with Gasteiger partial charge >= 0.3 is 0 Å². The highest BCUT2D eigenvalue weighted by Crippen LogP contribution is 2.35. The Morgan fingerprint density at radius 3 is 2.70 bits per heavy atom. The molecule has 20 heavy (non-hydrogen) atoms. The van der Waals surface area contributed by atoms with Gasteiger partial charge in [-0.25, -0.2) is 4.39 Å². The fourth-order valence-corrected chi connectivity index (χ4v) is 3.43. The van der Waals surface area contributed by atoms with Crippen molar-refractivity contribution >= 4 is 40.3 Å². The van der Waals surface area contributed by atoms with Crippen molar-refractivity contribution in [1.82, 2.24) is 0 Å². The van der Waals surface area contributed by atoms with E-state index >= 15 is 0 Å². The van der Waals surface area contributed by atoms with E-state index < -0.39 is 17.5 Å². The van der Waals surface area contributed by atoms with Gasteiger partial charge in [0.25, 0.3) is 11.7 Å². The fraction of sp³-hybridized carbons (Fsp3) is 0.143. The predicted octanol–water partition coefficient (Wildman–Crippen LogP) is 3.58. The summed E-state index contributed by atoms with van der Waals surface area (Å²) < 4.78 is 14.0. The SMILES string of the molecule is Cc1cc(F)cc2c1N(Cc1ccc(Cl)s1)C(=O)C2=O. The molecule has 3 nitrogen and oxygen atoms in total.